The SMILES string of the molecule is CC1(C)C=C(c2cnc3ccccc3c2)c2ccccc2O1. The molecule has 0 unspecified atom stereocenters. The third-order valence-corrected chi connectivity index (χ3v) is 3.94. The lowest BCUT2D eigenvalue weighted by atomic mass is 9.90. The molecule has 0 saturated heterocycles. The van der Waals surface area contributed by atoms with E-state index < -0.39 is 0 Å². The van der Waals surface area contributed by atoms with Gasteiger partial charge in [-0.25, -0.2) is 0 Å². The Labute approximate surface area is 130 Å². The van der Waals surface area contributed by atoms with Gasteiger partial charge in [-0.2, -0.15) is 0 Å². The summed E-state index contributed by atoms with van der Waals surface area (Å²) in [5.74, 6) is 0.929. The van der Waals surface area contributed by atoms with Gasteiger partial charge in [-0.05, 0) is 43.7 Å². The molecular formula is C20H17NO. The Balaban J connectivity index is 1.93. The second kappa shape index (κ2) is 4.70. The van der Waals surface area contributed by atoms with Gasteiger partial charge < -0.3 is 4.74 Å². The zero-order valence-corrected chi connectivity index (χ0v) is 12.7. The van der Waals surface area contributed by atoms with Crippen LogP contribution in [0.15, 0.2) is 66.9 Å². The summed E-state index contributed by atoms with van der Waals surface area (Å²) in [5.41, 5.74) is 4.13. The number of hydrogen-bond donors (Lipinski definition) is 0. The van der Waals surface area contributed by atoms with Gasteiger partial charge in [0.15, 0.2) is 0 Å². The summed E-state index contributed by atoms with van der Waals surface area (Å²) < 4.78 is 6.06. The Morgan fingerprint density at radius 2 is 1.73 bits per heavy atom. The highest BCUT2D eigenvalue weighted by Gasteiger charge is 2.26. The first-order valence-corrected chi connectivity index (χ1v) is 7.49. The summed E-state index contributed by atoms with van der Waals surface area (Å²) in [6.45, 7) is 4.16. The lowest BCUT2D eigenvalue weighted by Gasteiger charge is -2.31. The number of hydrogen-bond acceptors (Lipinski definition) is 2. The van der Waals surface area contributed by atoms with Gasteiger partial charge in [0.05, 0.1) is 5.52 Å². The first-order valence-electron chi connectivity index (χ1n) is 7.49. The molecule has 0 N–H and O–H groups in total. The molecule has 2 heteroatoms. The maximum Gasteiger partial charge on any atom is 0.128 e. The summed E-state index contributed by atoms with van der Waals surface area (Å²) in [4.78, 5) is 4.60. The molecule has 1 aliphatic heterocycles. The Bertz CT molecular complexity index is 893. The predicted octanol–water partition coefficient (Wildman–Crippen LogP) is 4.84. The van der Waals surface area contributed by atoms with Crippen LogP contribution in [0.1, 0.15) is 25.0 Å². The van der Waals surface area contributed by atoms with E-state index in [1.54, 1.807) is 0 Å². The molecule has 22 heavy (non-hydrogen) atoms. The minimum atomic E-state index is -0.324. The van der Waals surface area contributed by atoms with E-state index >= 15 is 0 Å². The fraction of sp³-hybridized carbons (Fsp3) is 0.150. The summed E-state index contributed by atoms with van der Waals surface area (Å²) >= 11 is 0. The summed E-state index contributed by atoms with van der Waals surface area (Å²) in [7, 11) is 0. The molecular weight excluding hydrogens is 270 g/mol. The second-order valence-electron chi connectivity index (χ2n) is 6.18. The van der Waals surface area contributed by atoms with Crippen molar-refractivity contribution in [2.75, 3.05) is 0 Å². The molecule has 1 aromatic heterocycles. The average molecular weight is 287 g/mol. The molecule has 108 valence electrons. The molecule has 0 radical (unpaired) electrons. The van der Waals surface area contributed by atoms with Crippen LogP contribution in [0.2, 0.25) is 0 Å². The Morgan fingerprint density at radius 1 is 0.955 bits per heavy atom. The Hall–Kier alpha value is -2.61. The highest BCUT2D eigenvalue weighted by atomic mass is 16.5. The summed E-state index contributed by atoms with van der Waals surface area (Å²) in [5, 5.41) is 1.16. The molecule has 3 aromatic rings. The number of benzene rings is 2. The molecule has 0 spiro atoms. The van der Waals surface area contributed by atoms with Gasteiger partial charge in [-0.15, -0.1) is 0 Å². The molecule has 4 rings (SSSR count). The first-order chi connectivity index (χ1) is 10.6. The maximum absolute atomic E-state index is 6.06. The molecule has 0 atom stereocenters. The molecule has 1 aliphatic rings. The maximum atomic E-state index is 6.06. The van der Waals surface area contributed by atoms with Crippen LogP contribution in [-0.2, 0) is 0 Å². The number of nitrogens with zero attached hydrogens (tertiary/aromatic N) is 1. The summed E-state index contributed by atoms with van der Waals surface area (Å²) in [6, 6.07) is 18.6. The van der Waals surface area contributed by atoms with Crippen molar-refractivity contribution in [2.24, 2.45) is 0 Å². The third kappa shape index (κ3) is 2.17. The van der Waals surface area contributed by atoms with Crippen molar-refractivity contribution in [3.05, 3.63) is 78.0 Å². The van der Waals surface area contributed by atoms with Gasteiger partial charge in [0.2, 0.25) is 0 Å². The number of aromatic nitrogens is 1. The van der Waals surface area contributed by atoms with E-state index in [-0.39, 0.29) is 5.60 Å². The van der Waals surface area contributed by atoms with Crippen LogP contribution in [0.25, 0.3) is 16.5 Å². The fourth-order valence-electron chi connectivity index (χ4n) is 2.97. The van der Waals surface area contributed by atoms with Crippen LogP contribution in [0.5, 0.6) is 5.75 Å². The van der Waals surface area contributed by atoms with Gasteiger partial charge in [0.1, 0.15) is 11.4 Å². The van der Waals surface area contributed by atoms with Gasteiger partial charge in [-0.1, -0.05) is 36.4 Å². The van der Waals surface area contributed by atoms with Crippen molar-refractivity contribution in [3.63, 3.8) is 0 Å². The lowest BCUT2D eigenvalue weighted by Crippen LogP contribution is -2.29. The second-order valence-corrected chi connectivity index (χ2v) is 6.18. The topological polar surface area (TPSA) is 22.1 Å². The highest BCUT2D eigenvalue weighted by Crippen LogP contribution is 2.39. The van der Waals surface area contributed by atoms with Crippen LogP contribution in [0, 0.1) is 0 Å². The minimum Gasteiger partial charge on any atom is -0.483 e. The first kappa shape index (κ1) is 13.1. The van der Waals surface area contributed by atoms with E-state index in [0.29, 0.717) is 0 Å². The molecule has 0 amide bonds. The van der Waals surface area contributed by atoms with E-state index in [9.17, 15) is 0 Å². The number of pyridine rings is 1. The van der Waals surface area contributed by atoms with Gasteiger partial charge in [-0.3, -0.25) is 4.98 Å². The van der Waals surface area contributed by atoms with Crippen molar-refractivity contribution in [3.8, 4) is 5.75 Å². The molecule has 0 bridgehead atoms. The normalized spacial score (nSPS) is 15.8. The number of ether oxygens (including phenoxy) is 1. The zero-order chi connectivity index (χ0) is 15.2. The number of fused-ring (bicyclic) bond motifs is 2. The highest BCUT2D eigenvalue weighted by molar-refractivity contribution is 5.89. The van der Waals surface area contributed by atoms with Gasteiger partial charge >= 0.3 is 0 Å². The van der Waals surface area contributed by atoms with Crippen LogP contribution >= 0.6 is 0 Å². The number of para-hydroxylation sites is 2. The Kier molecular flexibility index (Phi) is 2.80. The van der Waals surface area contributed by atoms with Crippen LogP contribution in [0.3, 0.4) is 0 Å². The zero-order valence-electron chi connectivity index (χ0n) is 12.7. The van der Waals surface area contributed by atoms with E-state index in [2.05, 4.69) is 43.1 Å². The van der Waals surface area contributed by atoms with Crippen LogP contribution in [-0.4, -0.2) is 10.6 Å². The van der Waals surface area contributed by atoms with Crippen molar-refractivity contribution in [1.82, 2.24) is 4.98 Å². The molecule has 2 aromatic carbocycles. The quantitative estimate of drug-likeness (QED) is 0.639. The lowest BCUT2D eigenvalue weighted by molar-refractivity contribution is 0.158. The van der Waals surface area contributed by atoms with Crippen molar-refractivity contribution in [2.45, 2.75) is 19.4 Å². The molecule has 2 heterocycles. The monoisotopic (exact) mass is 287 g/mol. The summed E-state index contributed by atoms with van der Waals surface area (Å²) in [6.07, 6.45) is 4.13. The largest absolute Gasteiger partial charge is 0.483 e. The van der Waals surface area contributed by atoms with Crippen molar-refractivity contribution in [1.29, 1.82) is 0 Å². The smallest absolute Gasteiger partial charge is 0.128 e. The number of rotatable bonds is 1. The third-order valence-electron chi connectivity index (χ3n) is 3.94. The molecule has 0 aliphatic carbocycles. The van der Waals surface area contributed by atoms with E-state index in [4.69, 9.17) is 4.74 Å². The molecule has 0 fully saturated rings. The van der Waals surface area contributed by atoms with Gasteiger partial charge in [0, 0.05) is 22.7 Å². The van der Waals surface area contributed by atoms with Crippen molar-refractivity contribution >= 4 is 16.5 Å². The fourth-order valence-corrected chi connectivity index (χ4v) is 2.97. The predicted molar refractivity (Wildman–Crippen MR) is 90.0 cm³/mol. The average Bonchev–Trinajstić information content (AvgIpc) is 2.53. The van der Waals surface area contributed by atoms with Crippen LogP contribution < -0.4 is 4.74 Å². The van der Waals surface area contributed by atoms with Crippen molar-refractivity contribution < 1.29 is 4.74 Å². The Morgan fingerprint density at radius 3 is 2.64 bits per heavy atom. The van der Waals surface area contributed by atoms with Gasteiger partial charge in [0.25, 0.3) is 0 Å². The van der Waals surface area contributed by atoms with E-state index in [1.165, 1.54) is 5.57 Å². The molecule has 0 saturated carbocycles. The van der Waals surface area contributed by atoms with E-state index in [1.807, 2.05) is 42.6 Å². The minimum absolute atomic E-state index is 0.324. The molecule has 2 nitrogen and oxygen atoms in total. The van der Waals surface area contributed by atoms with Crippen LogP contribution in [0.4, 0.5) is 0 Å². The standard InChI is InChI=1S/C20H17NO/c1-20(2)12-17(16-8-4-6-10-19(16)22-20)15-11-14-7-3-5-9-18(14)21-13-15/h3-13H,1-2H3. The van der Waals surface area contributed by atoms with E-state index in [0.717, 1.165) is 27.8 Å².